The van der Waals surface area contributed by atoms with Crippen molar-refractivity contribution in [2.75, 3.05) is 7.05 Å². The number of sulfonamides is 1. The Morgan fingerprint density at radius 3 is 1.81 bits per heavy atom. The lowest BCUT2D eigenvalue weighted by molar-refractivity contribution is -0.145. The molecule has 118 valence electrons. The summed E-state index contributed by atoms with van der Waals surface area (Å²) in [7, 11) is -2.57. The standard InChI is InChI=1S/C15H23NO4S/c1-14(2,3)11-7-9-12(10-8-11)21(19,20)16(6)15(4,5)13(17)18/h7-10H,1-6H3,(H,17,18). The van der Waals surface area contributed by atoms with Crippen molar-refractivity contribution < 1.29 is 18.3 Å². The number of aliphatic carboxylic acids is 1. The minimum Gasteiger partial charge on any atom is -0.480 e. The van der Waals surface area contributed by atoms with E-state index in [4.69, 9.17) is 5.11 Å². The zero-order chi connectivity index (χ0) is 16.6. The van der Waals surface area contributed by atoms with Crippen LogP contribution in [0.25, 0.3) is 0 Å². The van der Waals surface area contributed by atoms with E-state index < -0.39 is 21.5 Å². The average molecular weight is 313 g/mol. The van der Waals surface area contributed by atoms with Crippen molar-refractivity contribution in [1.29, 1.82) is 0 Å². The molecule has 0 aliphatic rings. The van der Waals surface area contributed by atoms with E-state index >= 15 is 0 Å². The van der Waals surface area contributed by atoms with Crippen molar-refractivity contribution in [3.8, 4) is 0 Å². The molecule has 5 nitrogen and oxygen atoms in total. The van der Waals surface area contributed by atoms with Crippen molar-refractivity contribution >= 4 is 16.0 Å². The number of benzene rings is 1. The quantitative estimate of drug-likeness (QED) is 0.926. The summed E-state index contributed by atoms with van der Waals surface area (Å²) in [6.45, 7) is 8.83. The Labute approximate surface area is 126 Å². The van der Waals surface area contributed by atoms with Crippen LogP contribution in [0.3, 0.4) is 0 Å². The Morgan fingerprint density at radius 2 is 1.48 bits per heavy atom. The van der Waals surface area contributed by atoms with Gasteiger partial charge in [-0.2, -0.15) is 4.31 Å². The number of rotatable bonds is 4. The fraction of sp³-hybridized carbons (Fsp3) is 0.533. The summed E-state index contributed by atoms with van der Waals surface area (Å²) in [4.78, 5) is 11.3. The molecule has 0 saturated heterocycles. The van der Waals surface area contributed by atoms with Gasteiger partial charge in [0, 0.05) is 7.05 Å². The van der Waals surface area contributed by atoms with E-state index in [0.717, 1.165) is 9.87 Å². The second kappa shape index (κ2) is 5.42. The number of nitrogens with zero attached hydrogens (tertiary/aromatic N) is 1. The van der Waals surface area contributed by atoms with Crippen LogP contribution in [-0.4, -0.2) is 36.4 Å². The highest BCUT2D eigenvalue weighted by Gasteiger charge is 2.40. The summed E-state index contributed by atoms with van der Waals surface area (Å²) >= 11 is 0. The number of hydrogen-bond donors (Lipinski definition) is 1. The van der Waals surface area contributed by atoms with Crippen molar-refractivity contribution in [2.45, 2.75) is 50.5 Å². The predicted octanol–water partition coefficient (Wildman–Crippen LogP) is 2.47. The molecule has 0 heterocycles. The van der Waals surface area contributed by atoms with Gasteiger partial charge in [-0.15, -0.1) is 0 Å². The number of carboxylic acids is 1. The maximum atomic E-state index is 12.5. The predicted molar refractivity (Wildman–Crippen MR) is 81.8 cm³/mol. The molecule has 1 rings (SSSR count). The van der Waals surface area contributed by atoms with Crippen LogP contribution in [-0.2, 0) is 20.2 Å². The molecule has 0 saturated carbocycles. The lowest BCUT2D eigenvalue weighted by atomic mass is 9.87. The fourth-order valence-corrected chi connectivity index (χ4v) is 3.20. The minimum absolute atomic E-state index is 0.0749. The van der Waals surface area contributed by atoms with E-state index in [9.17, 15) is 13.2 Å². The molecule has 1 N–H and O–H groups in total. The Balaban J connectivity index is 3.24. The van der Waals surface area contributed by atoms with Crippen LogP contribution >= 0.6 is 0 Å². The van der Waals surface area contributed by atoms with Crippen LogP contribution in [0.15, 0.2) is 29.2 Å². The Morgan fingerprint density at radius 1 is 1.05 bits per heavy atom. The Bertz CT molecular complexity index is 625. The van der Waals surface area contributed by atoms with Crippen LogP contribution in [0.5, 0.6) is 0 Å². The van der Waals surface area contributed by atoms with Gasteiger partial charge in [-0.25, -0.2) is 8.42 Å². The fourth-order valence-electron chi connectivity index (χ4n) is 1.72. The molecule has 6 heteroatoms. The van der Waals surface area contributed by atoms with E-state index in [0.29, 0.717) is 0 Å². The van der Waals surface area contributed by atoms with Crippen molar-refractivity contribution in [3.05, 3.63) is 29.8 Å². The molecule has 0 spiro atoms. The van der Waals surface area contributed by atoms with Crippen LogP contribution < -0.4 is 0 Å². The lowest BCUT2D eigenvalue weighted by Gasteiger charge is -2.30. The molecule has 0 bridgehead atoms. The van der Waals surface area contributed by atoms with Gasteiger partial charge in [-0.05, 0) is 37.0 Å². The number of carbonyl (C=O) groups is 1. The molecule has 21 heavy (non-hydrogen) atoms. The maximum Gasteiger partial charge on any atom is 0.324 e. The third-order valence-electron chi connectivity index (χ3n) is 3.69. The first-order valence-corrected chi connectivity index (χ1v) is 8.08. The van der Waals surface area contributed by atoms with Gasteiger partial charge in [0.25, 0.3) is 0 Å². The topological polar surface area (TPSA) is 74.7 Å². The maximum absolute atomic E-state index is 12.5. The highest BCUT2D eigenvalue weighted by Crippen LogP contribution is 2.26. The molecule has 0 fully saturated rings. The van der Waals surface area contributed by atoms with Crippen LogP contribution in [0.4, 0.5) is 0 Å². The summed E-state index contributed by atoms with van der Waals surface area (Å²) in [5.74, 6) is -1.19. The first-order chi connectivity index (χ1) is 9.31. The number of hydrogen-bond acceptors (Lipinski definition) is 3. The van der Waals surface area contributed by atoms with E-state index in [1.807, 2.05) is 20.8 Å². The summed E-state index contributed by atoms with van der Waals surface area (Å²) < 4.78 is 25.9. The molecule has 0 atom stereocenters. The number of carboxylic acid groups (broad SMARTS) is 1. The average Bonchev–Trinajstić information content (AvgIpc) is 2.36. The molecule has 1 aromatic rings. The zero-order valence-electron chi connectivity index (χ0n) is 13.3. The molecular weight excluding hydrogens is 290 g/mol. The molecule has 1 aromatic carbocycles. The molecule has 0 aliphatic carbocycles. The number of likely N-dealkylation sites (N-methyl/N-ethyl adjacent to an activating group) is 1. The van der Waals surface area contributed by atoms with Gasteiger partial charge in [0.05, 0.1) is 4.90 Å². The molecule has 0 amide bonds. The molecule has 0 unspecified atom stereocenters. The minimum atomic E-state index is -3.85. The van der Waals surface area contributed by atoms with Gasteiger partial charge in [0.15, 0.2) is 0 Å². The highest BCUT2D eigenvalue weighted by atomic mass is 32.2. The van der Waals surface area contributed by atoms with E-state index in [1.54, 1.807) is 12.1 Å². The van der Waals surface area contributed by atoms with Gasteiger partial charge in [0.1, 0.15) is 5.54 Å². The van der Waals surface area contributed by atoms with Crippen LogP contribution in [0, 0.1) is 0 Å². The molecule has 0 aliphatic heterocycles. The summed E-state index contributed by atoms with van der Waals surface area (Å²) in [6, 6.07) is 6.55. The summed E-state index contributed by atoms with van der Waals surface area (Å²) in [5.41, 5.74) is -0.572. The van der Waals surface area contributed by atoms with Crippen molar-refractivity contribution in [1.82, 2.24) is 4.31 Å². The largest absolute Gasteiger partial charge is 0.480 e. The smallest absolute Gasteiger partial charge is 0.324 e. The Kier molecular flexibility index (Phi) is 4.56. The molecule has 0 aromatic heterocycles. The SMILES string of the molecule is CN(C(C)(C)C(=O)O)S(=O)(=O)c1ccc(C(C)(C)C)cc1. The lowest BCUT2D eigenvalue weighted by Crippen LogP contribution is -2.50. The first kappa shape index (κ1) is 17.7. The first-order valence-electron chi connectivity index (χ1n) is 6.64. The highest BCUT2D eigenvalue weighted by molar-refractivity contribution is 7.89. The van der Waals surface area contributed by atoms with E-state index in [-0.39, 0.29) is 10.3 Å². The zero-order valence-corrected chi connectivity index (χ0v) is 14.2. The second-order valence-corrected chi connectivity index (χ2v) is 8.58. The van der Waals surface area contributed by atoms with Gasteiger partial charge in [0.2, 0.25) is 10.0 Å². The van der Waals surface area contributed by atoms with Crippen molar-refractivity contribution in [3.63, 3.8) is 0 Å². The summed E-state index contributed by atoms with van der Waals surface area (Å²) in [5, 5.41) is 9.17. The van der Waals surface area contributed by atoms with Gasteiger partial charge in [-0.1, -0.05) is 32.9 Å². The van der Waals surface area contributed by atoms with Gasteiger partial charge < -0.3 is 5.11 Å². The summed E-state index contributed by atoms with van der Waals surface area (Å²) in [6.07, 6.45) is 0. The van der Waals surface area contributed by atoms with Crippen LogP contribution in [0.1, 0.15) is 40.2 Å². The molecule has 0 radical (unpaired) electrons. The third-order valence-corrected chi connectivity index (χ3v) is 5.73. The van der Waals surface area contributed by atoms with E-state index in [2.05, 4.69) is 0 Å². The molecular formula is C15H23NO4S. The second-order valence-electron chi connectivity index (χ2n) is 6.61. The monoisotopic (exact) mass is 313 g/mol. The van der Waals surface area contributed by atoms with Gasteiger partial charge in [-0.3, -0.25) is 4.79 Å². The van der Waals surface area contributed by atoms with E-state index in [1.165, 1.54) is 33.0 Å². The van der Waals surface area contributed by atoms with Crippen LogP contribution in [0.2, 0.25) is 0 Å². The van der Waals surface area contributed by atoms with Crippen molar-refractivity contribution in [2.24, 2.45) is 0 Å². The Hall–Kier alpha value is -1.40. The normalized spacial score (nSPS) is 13.5. The third kappa shape index (κ3) is 3.44. The van der Waals surface area contributed by atoms with Gasteiger partial charge >= 0.3 is 5.97 Å².